The molecule has 6 aliphatic rings. The third-order valence-electron chi connectivity index (χ3n) is 12.4. The van der Waals surface area contributed by atoms with E-state index in [1.165, 1.54) is 61.8 Å². The maximum Gasteiger partial charge on any atom is 0.334 e. The summed E-state index contributed by atoms with van der Waals surface area (Å²) in [5.74, 6) is 7.43. The van der Waals surface area contributed by atoms with E-state index in [-0.39, 0.29) is 23.8 Å². The highest BCUT2D eigenvalue weighted by atomic mass is 16.5. The van der Waals surface area contributed by atoms with Gasteiger partial charge in [0.1, 0.15) is 0 Å². The fourth-order valence-electron chi connectivity index (χ4n) is 10.8. The summed E-state index contributed by atoms with van der Waals surface area (Å²) >= 11 is 0. The van der Waals surface area contributed by atoms with E-state index in [0.29, 0.717) is 23.0 Å². The lowest BCUT2D eigenvalue weighted by Crippen LogP contribution is -2.63. The molecule has 210 valence electrons. The zero-order chi connectivity index (χ0) is 27.4. The molecule has 0 N–H and O–H groups in total. The molecule has 4 saturated carbocycles. The molecular formula is C34H38O6. The Labute approximate surface area is 235 Å². The summed E-state index contributed by atoms with van der Waals surface area (Å²) in [5, 5.41) is 2.46. The summed E-state index contributed by atoms with van der Waals surface area (Å²) in [5.41, 5.74) is 4.24. The lowest BCUT2D eigenvalue weighted by atomic mass is 9.35. The first-order valence-electron chi connectivity index (χ1n) is 15.0. The standard InChI is InChI=1S/C34H38O6/c1-37-29-9-17-5-15-7-19-20(8-16(15)6-18(17)10-30(29)38-2)22-12-24-23(11-21(19)22)25-13-27-28(14-26(24)25)32(34(36)40-4)31(27)33(35)39-3/h5-6,9-10,19-28H,7-8,11-14H2,1-4H3. The van der Waals surface area contributed by atoms with E-state index in [0.717, 1.165) is 59.8 Å². The molecule has 4 fully saturated rings. The van der Waals surface area contributed by atoms with Gasteiger partial charge in [-0.15, -0.1) is 0 Å². The molecule has 6 heteroatoms. The summed E-state index contributed by atoms with van der Waals surface area (Å²) in [4.78, 5) is 25.2. The summed E-state index contributed by atoms with van der Waals surface area (Å²) in [7, 11) is 6.22. The first-order valence-corrected chi connectivity index (χ1v) is 15.0. The first kappa shape index (κ1) is 24.8. The third kappa shape index (κ3) is 3.16. The summed E-state index contributed by atoms with van der Waals surface area (Å²) in [6.07, 6.45) is 7.16. The predicted molar refractivity (Wildman–Crippen MR) is 149 cm³/mol. The third-order valence-corrected chi connectivity index (χ3v) is 12.4. The minimum Gasteiger partial charge on any atom is -0.493 e. The highest BCUT2D eigenvalue weighted by molar-refractivity contribution is 6.04. The van der Waals surface area contributed by atoms with Gasteiger partial charge in [-0.2, -0.15) is 0 Å². The number of benzene rings is 2. The van der Waals surface area contributed by atoms with Crippen molar-refractivity contribution in [1.29, 1.82) is 0 Å². The molecule has 2 aromatic carbocycles. The number of carbonyl (C=O) groups is 2. The highest BCUT2D eigenvalue weighted by Crippen LogP contribution is 2.71. The zero-order valence-corrected chi connectivity index (χ0v) is 23.8. The van der Waals surface area contributed by atoms with E-state index >= 15 is 0 Å². The molecule has 0 bridgehead atoms. The van der Waals surface area contributed by atoms with Gasteiger partial charge in [-0.3, -0.25) is 0 Å². The monoisotopic (exact) mass is 542 g/mol. The Morgan fingerprint density at radius 3 is 1.30 bits per heavy atom. The second-order valence-electron chi connectivity index (χ2n) is 13.4. The number of methoxy groups -OCH3 is 4. The van der Waals surface area contributed by atoms with Crippen LogP contribution in [0.15, 0.2) is 35.4 Å². The van der Waals surface area contributed by atoms with Crippen LogP contribution in [-0.2, 0) is 31.9 Å². The van der Waals surface area contributed by atoms with Gasteiger partial charge in [0.2, 0.25) is 0 Å². The SMILES string of the molecule is COC(=O)C1=C(C(=O)OC)C2CC3C(CC12)C1CC2C4Cc5cc6cc(OC)c(OC)cc6cc5CC4C2CC31. The van der Waals surface area contributed by atoms with Gasteiger partial charge in [0.25, 0.3) is 0 Å². The molecule has 8 rings (SSSR count). The Balaban J connectivity index is 1.03. The van der Waals surface area contributed by atoms with E-state index in [9.17, 15) is 9.59 Å². The van der Waals surface area contributed by atoms with Crippen LogP contribution in [0.2, 0.25) is 0 Å². The van der Waals surface area contributed by atoms with Crippen LogP contribution in [0, 0.1) is 59.2 Å². The quantitative estimate of drug-likeness (QED) is 0.483. The minimum atomic E-state index is -0.342. The summed E-state index contributed by atoms with van der Waals surface area (Å²) in [6.45, 7) is 0. The van der Waals surface area contributed by atoms with Gasteiger partial charge >= 0.3 is 11.9 Å². The zero-order valence-electron chi connectivity index (χ0n) is 23.8. The fourth-order valence-corrected chi connectivity index (χ4v) is 10.8. The van der Waals surface area contributed by atoms with Gasteiger partial charge in [-0.05, 0) is 132 Å². The van der Waals surface area contributed by atoms with Gasteiger partial charge < -0.3 is 18.9 Å². The van der Waals surface area contributed by atoms with E-state index in [2.05, 4.69) is 24.3 Å². The van der Waals surface area contributed by atoms with Crippen molar-refractivity contribution in [2.75, 3.05) is 28.4 Å². The number of fused-ring (bicyclic) bond motifs is 11. The second-order valence-corrected chi connectivity index (χ2v) is 13.4. The Morgan fingerprint density at radius 2 is 0.925 bits per heavy atom. The van der Waals surface area contributed by atoms with Crippen LogP contribution >= 0.6 is 0 Å². The van der Waals surface area contributed by atoms with Crippen molar-refractivity contribution in [2.45, 2.75) is 38.5 Å². The topological polar surface area (TPSA) is 71.1 Å². The van der Waals surface area contributed by atoms with Crippen LogP contribution in [0.3, 0.4) is 0 Å². The van der Waals surface area contributed by atoms with Crippen molar-refractivity contribution in [2.24, 2.45) is 59.2 Å². The highest BCUT2D eigenvalue weighted by Gasteiger charge is 2.65. The average molecular weight is 543 g/mol. The average Bonchev–Trinajstić information content (AvgIpc) is 2.96. The van der Waals surface area contributed by atoms with Gasteiger partial charge in [-0.1, -0.05) is 12.1 Å². The van der Waals surface area contributed by atoms with Crippen molar-refractivity contribution in [3.63, 3.8) is 0 Å². The Hall–Kier alpha value is -3.02. The van der Waals surface area contributed by atoms with Crippen LogP contribution < -0.4 is 9.47 Å². The van der Waals surface area contributed by atoms with E-state index in [4.69, 9.17) is 18.9 Å². The molecule has 6 nitrogen and oxygen atoms in total. The van der Waals surface area contributed by atoms with Crippen LogP contribution in [0.1, 0.15) is 36.8 Å². The molecule has 6 aliphatic carbocycles. The molecule has 40 heavy (non-hydrogen) atoms. The van der Waals surface area contributed by atoms with Crippen molar-refractivity contribution < 1.29 is 28.5 Å². The molecule has 0 spiro atoms. The van der Waals surface area contributed by atoms with Crippen LogP contribution in [0.4, 0.5) is 0 Å². The maximum absolute atomic E-state index is 12.6. The minimum absolute atomic E-state index is 0.168. The molecule has 0 aromatic heterocycles. The molecule has 0 aliphatic heterocycles. The fraction of sp³-hybridized carbons (Fsp3) is 0.588. The molecule has 0 amide bonds. The maximum atomic E-state index is 12.6. The molecule has 2 aromatic rings. The van der Waals surface area contributed by atoms with Crippen LogP contribution in [0.5, 0.6) is 11.5 Å². The smallest absolute Gasteiger partial charge is 0.334 e. The molecule has 0 heterocycles. The van der Waals surface area contributed by atoms with E-state index < -0.39 is 0 Å². The Bertz CT molecular complexity index is 1360. The van der Waals surface area contributed by atoms with Gasteiger partial charge in [0.05, 0.1) is 39.6 Å². The molecular weight excluding hydrogens is 504 g/mol. The number of rotatable bonds is 4. The van der Waals surface area contributed by atoms with Crippen molar-refractivity contribution in [1.82, 2.24) is 0 Å². The van der Waals surface area contributed by atoms with E-state index in [1.54, 1.807) is 14.2 Å². The summed E-state index contributed by atoms with van der Waals surface area (Å²) < 4.78 is 21.3. The molecule has 10 atom stereocenters. The van der Waals surface area contributed by atoms with Gasteiger partial charge in [0, 0.05) is 0 Å². The Kier molecular flexibility index (Phi) is 5.41. The molecule has 0 radical (unpaired) electrons. The normalized spacial score (nSPS) is 38.0. The van der Waals surface area contributed by atoms with Crippen molar-refractivity contribution in [3.05, 3.63) is 46.5 Å². The van der Waals surface area contributed by atoms with Crippen LogP contribution in [0.25, 0.3) is 10.8 Å². The molecule has 0 saturated heterocycles. The van der Waals surface area contributed by atoms with Crippen LogP contribution in [-0.4, -0.2) is 40.4 Å². The number of carbonyl (C=O) groups excluding carboxylic acids is 2. The first-order chi connectivity index (χ1) is 19.4. The predicted octanol–water partition coefficient (Wildman–Crippen LogP) is 5.39. The lowest BCUT2D eigenvalue weighted by molar-refractivity contribution is -0.190. The van der Waals surface area contributed by atoms with Gasteiger partial charge in [-0.25, -0.2) is 9.59 Å². The largest absolute Gasteiger partial charge is 0.493 e. The van der Waals surface area contributed by atoms with Crippen molar-refractivity contribution in [3.8, 4) is 11.5 Å². The number of hydrogen-bond acceptors (Lipinski definition) is 6. The van der Waals surface area contributed by atoms with E-state index in [1.807, 2.05) is 0 Å². The number of hydrogen-bond donors (Lipinski definition) is 0. The number of ether oxygens (including phenoxy) is 4. The summed E-state index contributed by atoms with van der Waals surface area (Å²) in [6, 6.07) is 9.03. The second kappa shape index (κ2) is 8.74. The van der Waals surface area contributed by atoms with Gasteiger partial charge in [0.15, 0.2) is 11.5 Å². The Morgan fingerprint density at radius 1 is 0.550 bits per heavy atom. The molecule has 10 unspecified atom stereocenters. The number of esters is 2. The lowest BCUT2D eigenvalue weighted by Gasteiger charge is -2.69. The van der Waals surface area contributed by atoms with Crippen molar-refractivity contribution >= 4 is 22.7 Å².